The molecule has 0 atom stereocenters. The van der Waals surface area contributed by atoms with Gasteiger partial charge in [-0.2, -0.15) is 0 Å². The maximum atomic E-state index is 13.3. The van der Waals surface area contributed by atoms with Crippen LogP contribution in [0, 0.1) is 18.2 Å². The number of methoxy groups -OCH3 is 1. The van der Waals surface area contributed by atoms with Gasteiger partial charge in [0.1, 0.15) is 0 Å². The first-order valence-corrected chi connectivity index (χ1v) is 3.79. The minimum absolute atomic E-state index is 0.210. The number of benzene rings is 1. The van der Waals surface area contributed by atoms with Crippen molar-refractivity contribution < 1.29 is 9.13 Å². The first-order valence-electron chi connectivity index (χ1n) is 3.79. The van der Waals surface area contributed by atoms with E-state index in [1.54, 1.807) is 18.2 Å². The van der Waals surface area contributed by atoms with E-state index in [1.807, 2.05) is 0 Å². The van der Waals surface area contributed by atoms with E-state index in [1.165, 1.54) is 7.11 Å². The highest BCUT2D eigenvalue weighted by Crippen LogP contribution is 2.23. The van der Waals surface area contributed by atoms with Gasteiger partial charge in [0.05, 0.1) is 19.3 Å². The van der Waals surface area contributed by atoms with Crippen molar-refractivity contribution in [2.24, 2.45) is 0 Å². The highest BCUT2D eigenvalue weighted by Gasteiger charge is 2.06. The van der Waals surface area contributed by atoms with Crippen molar-refractivity contribution in [3.8, 4) is 18.1 Å². The molecule has 0 aliphatic carbocycles. The van der Waals surface area contributed by atoms with Gasteiger partial charge in [-0.3, -0.25) is 0 Å². The molecule has 0 saturated heterocycles. The Balaban J connectivity index is 2.89. The molecule has 0 bridgehead atoms. The summed E-state index contributed by atoms with van der Waals surface area (Å²) in [6, 6.07) is 4.85. The molecule has 0 spiro atoms. The molecule has 1 rings (SSSR count). The van der Waals surface area contributed by atoms with Crippen LogP contribution in [0.4, 0.5) is 10.1 Å². The lowest BCUT2D eigenvalue weighted by Crippen LogP contribution is -2.01. The highest BCUT2D eigenvalue weighted by molar-refractivity contribution is 5.50. The van der Waals surface area contributed by atoms with Gasteiger partial charge in [0.15, 0.2) is 11.6 Å². The Morgan fingerprint density at radius 3 is 3.00 bits per heavy atom. The molecule has 0 saturated carbocycles. The summed E-state index contributed by atoms with van der Waals surface area (Å²) in [6.07, 6.45) is 5.03. The molecular formula is C10H10FNO. The molecular weight excluding hydrogens is 169 g/mol. The summed E-state index contributed by atoms with van der Waals surface area (Å²) in [4.78, 5) is 0. The van der Waals surface area contributed by atoms with Gasteiger partial charge < -0.3 is 10.1 Å². The normalized spacial score (nSPS) is 9.00. The second-order valence-corrected chi connectivity index (χ2v) is 2.38. The predicted octanol–water partition coefficient (Wildman–Crippen LogP) is 1.88. The first-order chi connectivity index (χ1) is 6.29. The fourth-order valence-electron chi connectivity index (χ4n) is 0.951. The number of rotatable bonds is 3. The van der Waals surface area contributed by atoms with Crippen LogP contribution in [0.3, 0.4) is 0 Å². The van der Waals surface area contributed by atoms with E-state index in [0.29, 0.717) is 12.2 Å². The highest BCUT2D eigenvalue weighted by atomic mass is 19.1. The second-order valence-electron chi connectivity index (χ2n) is 2.38. The summed E-state index contributed by atoms with van der Waals surface area (Å²) >= 11 is 0. The summed E-state index contributed by atoms with van der Waals surface area (Å²) in [5, 5.41) is 2.75. The van der Waals surface area contributed by atoms with Gasteiger partial charge in [-0.25, -0.2) is 4.39 Å². The van der Waals surface area contributed by atoms with Crippen LogP contribution >= 0.6 is 0 Å². The number of hydrogen-bond acceptors (Lipinski definition) is 2. The molecule has 1 aromatic carbocycles. The summed E-state index contributed by atoms with van der Waals surface area (Å²) in [5.41, 5.74) is 0.359. The van der Waals surface area contributed by atoms with Crippen molar-refractivity contribution in [3.05, 3.63) is 24.0 Å². The fraction of sp³-hybridized carbons (Fsp3) is 0.200. The van der Waals surface area contributed by atoms with Crippen LogP contribution in [-0.2, 0) is 0 Å². The molecule has 0 heterocycles. The molecule has 0 aliphatic rings. The van der Waals surface area contributed by atoms with Gasteiger partial charge in [0.2, 0.25) is 0 Å². The number of hydrogen-bond donors (Lipinski definition) is 1. The maximum absolute atomic E-state index is 13.3. The molecule has 1 aromatic rings. The van der Waals surface area contributed by atoms with Crippen LogP contribution in [0.25, 0.3) is 0 Å². The SMILES string of the molecule is C#CCNc1cccc(OC)c1F. The van der Waals surface area contributed by atoms with E-state index in [0.717, 1.165) is 0 Å². The van der Waals surface area contributed by atoms with E-state index < -0.39 is 5.82 Å². The second kappa shape index (κ2) is 4.36. The summed E-state index contributed by atoms with van der Waals surface area (Å²) in [6.45, 7) is 0.296. The lowest BCUT2D eigenvalue weighted by atomic mass is 10.3. The molecule has 0 radical (unpaired) electrons. The van der Waals surface area contributed by atoms with Crippen molar-refractivity contribution in [2.75, 3.05) is 19.0 Å². The Bertz CT molecular complexity index is 330. The molecule has 0 fully saturated rings. The number of nitrogens with one attached hydrogen (secondary N) is 1. The molecule has 0 unspecified atom stereocenters. The zero-order valence-corrected chi connectivity index (χ0v) is 7.30. The van der Waals surface area contributed by atoms with Crippen molar-refractivity contribution in [1.82, 2.24) is 0 Å². The molecule has 1 N–H and O–H groups in total. The molecule has 13 heavy (non-hydrogen) atoms. The molecule has 2 nitrogen and oxygen atoms in total. The summed E-state index contributed by atoms with van der Waals surface area (Å²) in [7, 11) is 1.42. The van der Waals surface area contributed by atoms with Crippen LogP contribution < -0.4 is 10.1 Å². The van der Waals surface area contributed by atoms with Crippen LogP contribution in [0.1, 0.15) is 0 Å². The topological polar surface area (TPSA) is 21.3 Å². The average molecular weight is 179 g/mol. The van der Waals surface area contributed by atoms with Crippen LogP contribution in [0.15, 0.2) is 18.2 Å². The number of halogens is 1. The van der Waals surface area contributed by atoms with E-state index >= 15 is 0 Å². The zero-order valence-electron chi connectivity index (χ0n) is 7.30. The Morgan fingerprint density at radius 1 is 1.62 bits per heavy atom. The van der Waals surface area contributed by atoms with Gasteiger partial charge >= 0.3 is 0 Å². The third-order valence-electron chi connectivity index (χ3n) is 1.56. The number of ether oxygens (including phenoxy) is 1. The largest absolute Gasteiger partial charge is 0.494 e. The Labute approximate surface area is 76.7 Å². The minimum atomic E-state index is -0.416. The standard InChI is InChI=1S/C10H10FNO/c1-3-7-12-8-5-4-6-9(13-2)10(8)11/h1,4-6,12H,7H2,2H3. The predicted molar refractivity (Wildman–Crippen MR) is 50.3 cm³/mol. The van der Waals surface area contributed by atoms with Crippen molar-refractivity contribution in [1.29, 1.82) is 0 Å². The number of anilines is 1. The smallest absolute Gasteiger partial charge is 0.188 e. The van der Waals surface area contributed by atoms with Gasteiger partial charge in [-0.05, 0) is 12.1 Å². The lowest BCUT2D eigenvalue weighted by Gasteiger charge is -2.07. The first kappa shape index (κ1) is 9.40. The van der Waals surface area contributed by atoms with Gasteiger partial charge in [-0.15, -0.1) is 6.42 Å². The van der Waals surface area contributed by atoms with E-state index in [-0.39, 0.29) is 5.75 Å². The third kappa shape index (κ3) is 2.12. The fourth-order valence-corrected chi connectivity index (χ4v) is 0.951. The average Bonchev–Trinajstić information content (AvgIpc) is 2.16. The monoisotopic (exact) mass is 179 g/mol. The molecule has 0 aromatic heterocycles. The van der Waals surface area contributed by atoms with Crippen molar-refractivity contribution in [2.45, 2.75) is 0 Å². The molecule has 68 valence electrons. The van der Waals surface area contributed by atoms with E-state index in [9.17, 15) is 4.39 Å². The van der Waals surface area contributed by atoms with E-state index in [2.05, 4.69) is 11.2 Å². The number of terminal acetylenes is 1. The quantitative estimate of drug-likeness (QED) is 0.715. The van der Waals surface area contributed by atoms with Gasteiger partial charge in [0, 0.05) is 0 Å². The Kier molecular flexibility index (Phi) is 3.15. The van der Waals surface area contributed by atoms with Crippen molar-refractivity contribution in [3.63, 3.8) is 0 Å². The summed E-state index contributed by atoms with van der Waals surface area (Å²) < 4.78 is 18.1. The van der Waals surface area contributed by atoms with Gasteiger partial charge in [-0.1, -0.05) is 12.0 Å². The van der Waals surface area contributed by atoms with Crippen LogP contribution in [0.2, 0.25) is 0 Å². The Hall–Kier alpha value is -1.69. The lowest BCUT2D eigenvalue weighted by molar-refractivity contribution is 0.387. The van der Waals surface area contributed by atoms with Gasteiger partial charge in [0.25, 0.3) is 0 Å². The summed E-state index contributed by atoms with van der Waals surface area (Å²) in [5.74, 6) is 2.16. The maximum Gasteiger partial charge on any atom is 0.188 e. The van der Waals surface area contributed by atoms with Crippen LogP contribution in [-0.4, -0.2) is 13.7 Å². The third-order valence-corrected chi connectivity index (χ3v) is 1.56. The molecule has 0 aliphatic heterocycles. The zero-order chi connectivity index (χ0) is 9.68. The molecule has 3 heteroatoms. The van der Waals surface area contributed by atoms with Crippen LogP contribution in [0.5, 0.6) is 5.75 Å². The van der Waals surface area contributed by atoms with Crippen molar-refractivity contribution >= 4 is 5.69 Å². The Morgan fingerprint density at radius 2 is 2.38 bits per heavy atom. The minimum Gasteiger partial charge on any atom is -0.494 e. The molecule has 0 amide bonds. The van der Waals surface area contributed by atoms with E-state index in [4.69, 9.17) is 11.2 Å².